The molecule has 5 aliphatic rings. The largest absolute Gasteiger partial charge is 0.504 e. The molecule has 3 aromatic rings. The highest BCUT2D eigenvalue weighted by Gasteiger charge is 2.70. The summed E-state index contributed by atoms with van der Waals surface area (Å²) in [6, 6.07) is 1.48. The van der Waals surface area contributed by atoms with Gasteiger partial charge in [-0.1, -0.05) is 0 Å². The minimum absolute atomic E-state index is 0.420. The number of Topliss-reactive ketones (excluding diaryl/α,β-unsaturated/α-hetero) is 1. The van der Waals surface area contributed by atoms with Crippen LogP contribution in [-0.4, -0.2) is 140 Å². The summed E-state index contributed by atoms with van der Waals surface area (Å²) in [7, 11) is 0. The molecule has 11 N–H and O–H groups in total. The van der Waals surface area contributed by atoms with E-state index < -0.39 is 187 Å². The van der Waals surface area contributed by atoms with Gasteiger partial charge in [-0.25, -0.2) is 19.2 Å². The van der Waals surface area contributed by atoms with Crippen molar-refractivity contribution in [3.8, 4) is 62.9 Å². The van der Waals surface area contributed by atoms with E-state index >= 15 is 0 Å². The molecule has 4 aliphatic heterocycles. The molecule has 23 heteroatoms. The number of benzene rings is 3. The first-order valence-electron chi connectivity index (χ1n) is 17.3. The molecule has 3 aromatic carbocycles. The van der Waals surface area contributed by atoms with Crippen molar-refractivity contribution in [2.75, 3.05) is 6.61 Å². The Hall–Kier alpha value is -7.34. The molecule has 0 spiro atoms. The van der Waals surface area contributed by atoms with E-state index in [-0.39, 0.29) is 0 Å². The molecule has 23 nitrogen and oxygen atoms in total. The van der Waals surface area contributed by atoms with Crippen molar-refractivity contribution >= 4 is 35.4 Å². The number of esters is 4. The lowest BCUT2D eigenvalue weighted by atomic mass is 9.67. The molecule has 1 fully saturated rings. The number of ketones is 2. The topological polar surface area (TPSA) is 380 Å². The first-order valence-corrected chi connectivity index (χ1v) is 17.3. The van der Waals surface area contributed by atoms with Crippen LogP contribution < -0.4 is 4.74 Å². The first kappa shape index (κ1) is 39.5. The highest BCUT2D eigenvalue weighted by atomic mass is 16.7. The zero-order valence-electron chi connectivity index (χ0n) is 30.0. The highest BCUT2D eigenvalue weighted by Crippen LogP contribution is 2.61. The number of ether oxygens (including phenoxy) is 6. The van der Waals surface area contributed by atoms with Gasteiger partial charge in [-0.3, -0.25) is 9.59 Å². The van der Waals surface area contributed by atoms with Gasteiger partial charge in [0.05, 0.1) is 28.2 Å². The van der Waals surface area contributed by atoms with Gasteiger partial charge in [0.2, 0.25) is 17.2 Å². The molecule has 314 valence electrons. The molecule has 0 aromatic heterocycles. The van der Waals surface area contributed by atoms with Crippen LogP contribution in [0, 0.1) is 0 Å². The van der Waals surface area contributed by atoms with Gasteiger partial charge in [0, 0.05) is 23.1 Å². The molecule has 1 saturated heterocycles. The van der Waals surface area contributed by atoms with Gasteiger partial charge in [-0.2, -0.15) is 0 Å². The van der Waals surface area contributed by atoms with E-state index in [0.29, 0.717) is 24.3 Å². The lowest BCUT2D eigenvalue weighted by Crippen LogP contribution is -2.67. The number of hydrogen-bond donors (Lipinski definition) is 11. The number of fused-ring (bicyclic) bond motifs is 3. The Morgan fingerprint density at radius 2 is 1.20 bits per heavy atom. The van der Waals surface area contributed by atoms with Crippen molar-refractivity contribution in [1.82, 2.24) is 0 Å². The number of phenolic OH excluding ortho intramolecular Hbond substituents is 8. The van der Waals surface area contributed by atoms with E-state index in [0.717, 1.165) is 6.92 Å². The number of carbonyl (C=O) groups is 6. The average molecular weight is 841 g/mol. The molecule has 0 radical (unpaired) electrons. The summed E-state index contributed by atoms with van der Waals surface area (Å²) in [5.41, 5.74) is -9.85. The summed E-state index contributed by atoms with van der Waals surface area (Å²) in [5, 5.41) is 120. The molecule has 8 rings (SSSR count). The first-order chi connectivity index (χ1) is 28.1. The van der Waals surface area contributed by atoms with E-state index in [1.807, 2.05) is 0 Å². The van der Waals surface area contributed by atoms with Crippen LogP contribution in [0.1, 0.15) is 55.9 Å². The van der Waals surface area contributed by atoms with E-state index in [1.54, 1.807) is 0 Å². The number of cyclic esters (lactones) is 1. The monoisotopic (exact) mass is 840 g/mol. The number of aliphatic hydroxyl groups excluding tert-OH is 1. The standard InChI is InChI=1S/C37H28O23/c1-8(38)6-36(53)17(42)5-12-21-20-11(4-15(41)24(45)28(20)60-37(21,36)54)33(50)59-30-29-27(57-34(12)51)16(56-35(30)52)7-55-31(48)9-2-13(39)22(43)25(46)18(9)19-10(32(49)58-29)3-14(40)23(44)26(19)47/h2-5,16,21,27,29-30,35,39-41,43-47,52-54H,6-7H2,1H3. The fourth-order valence-corrected chi connectivity index (χ4v) is 7.93. The number of carbonyl (C=O) groups excluding carboxylic acids is 6. The Morgan fingerprint density at radius 1 is 0.683 bits per heavy atom. The van der Waals surface area contributed by atoms with Gasteiger partial charge in [-0.15, -0.1) is 0 Å². The summed E-state index contributed by atoms with van der Waals surface area (Å²) in [4.78, 5) is 82.5. The molecule has 0 amide bonds. The molecule has 1 aliphatic carbocycles. The van der Waals surface area contributed by atoms with Crippen LogP contribution in [0.5, 0.6) is 51.7 Å². The third-order valence-corrected chi connectivity index (χ3v) is 10.7. The maximum atomic E-state index is 14.4. The fourth-order valence-electron chi connectivity index (χ4n) is 7.93. The molecule has 4 heterocycles. The van der Waals surface area contributed by atoms with Crippen LogP contribution >= 0.6 is 0 Å². The molecule has 8 unspecified atom stereocenters. The lowest BCUT2D eigenvalue weighted by molar-refractivity contribution is -0.287. The van der Waals surface area contributed by atoms with Crippen molar-refractivity contribution < 1.29 is 113 Å². The van der Waals surface area contributed by atoms with Crippen LogP contribution in [0.3, 0.4) is 0 Å². The summed E-state index contributed by atoms with van der Waals surface area (Å²) in [5.74, 6) is -25.9. The quantitative estimate of drug-likeness (QED) is 0.0832. The van der Waals surface area contributed by atoms with Gasteiger partial charge in [0.1, 0.15) is 18.5 Å². The number of aromatic hydroxyl groups is 8. The summed E-state index contributed by atoms with van der Waals surface area (Å²) in [6.07, 6.45) is -12.1. The van der Waals surface area contributed by atoms with Crippen molar-refractivity contribution in [2.24, 2.45) is 0 Å². The highest BCUT2D eigenvalue weighted by molar-refractivity contribution is 6.11. The predicted octanol–water partition coefficient (Wildman–Crippen LogP) is -1.05. The number of phenols is 8. The number of aliphatic hydroxyl groups is 3. The molecular formula is C37H28O23. The Morgan fingerprint density at radius 3 is 1.80 bits per heavy atom. The molecule has 0 saturated carbocycles. The average Bonchev–Trinajstić information content (AvgIpc) is 3.51. The summed E-state index contributed by atoms with van der Waals surface area (Å²) in [6.45, 7) is -0.215. The van der Waals surface area contributed by atoms with Gasteiger partial charge < -0.3 is 84.6 Å². The molecular weight excluding hydrogens is 812 g/mol. The van der Waals surface area contributed by atoms with Gasteiger partial charge in [0.25, 0.3) is 5.79 Å². The summed E-state index contributed by atoms with van der Waals surface area (Å²) >= 11 is 0. The summed E-state index contributed by atoms with van der Waals surface area (Å²) < 4.78 is 33.2. The van der Waals surface area contributed by atoms with Crippen molar-refractivity contribution in [2.45, 2.75) is 61.4 Å². The van der Waals surface area contributed by atoms with Crippen molar-refractivity contribution in [1.29, 1.82) is 0 Å². The van der Waals surface area contributed by atoms with Crippen molar-refractivity contribution in [3.63, 3.8) is 0 Å². The number of hydrogen-bond acceptors (Lipinski definition) is 23. The second-order valence-corrected chi connectivity index (χ2v) is 14.3. The Balaban J connectivity index is 1.36. The van der Waals surface area contributed by atoms with E-state index in [2.05, 4.69) is 0 Å². The van der Waals surface area contributed by atoms with Gasteiger partial charge in [-0.05, 0) is 31.2 Å². The molecule has 8 atom stereocenters. The minimum atomic E-state index is -3.43. The zero-order chi connectivity index (χ0) is 43.7. The van der Waals surface area contributed by atoms with Crippen LogP contribution in [0.4, 0.5) is 0 Å². The van der Waals surface area contributed by atoms with Crippen LogP contribution in [0.25, 0.3) is 11.1 Å². The SMILES string of the molecule is CC(=O)CC1(O)C(=O)C=C2C(=O)OC3C4COC(=O)c5cc(O)c(O)c(O)c5-c5c(cc(O)c(O)c5O)C(=O)OC3C(OC(=O)c3cc(O)c(O)c5c3C2C1(O)O5)C(O)O4. The van der Waals surface area contributed by atoms with Crippen LogP contribution in [0.2, 0.25) is 0 Å². The Kier molecular flexibility index (Phi) is 8.61. The maximum absolute atomic E-state index is 14.4. The maximum Gasteiger partial charge on any atom is 0.339 e. The third kappa shape index (κ3) is 5.36. The second kappa shape index (κ2) is 13.1. The van der Waals surface area contributed by atoms with Gasteiger partial charge in [0.15, 0.2) is 70.5 Å². The molecule has 60 heavy (non-hydrogen) atoms. The van der Waals surface area contributed by atoms with Crippen LogP contribution in [-0.2, 0) is 38.1 Å². The van der Waals surface area contributed by atoms with E-state index in [9.17, 15) is 84.9 Å². The van der Waals surface area contributed by atoms with E-state index in [4.69, 9.17) is 28.4 Å². The smallest absolute Gasteiger partial charge is 0.339 e. The normalized spacial score (nSPS) is 29.3. The van der Waals surface area contributed by atoms with Crippen molar-refractivity contribution in [3.05, 3.63) is 52.1 Å². The number of rotatable bonds is 2. The predicted molar refractivity (Wildman–Crippen MR) is 183 cm³/mol. The Labute approximate surface area is 331 Å². The second-order valence-electron chi connectivity index (χ2n) is 14.3. The fraction of sp³-hybridized carbons (Fsp3) is 0.297. The molecule has 4 bridgehead atoms. The third-order valence-electron chi connectivity index (χ3n) is 10.7. The van der Waals surface area contributed by atoms with Crippen LogP contribution in [0.15, 0.2) is 29.8 Å². The minimum Gasteiger partial charge on any atom is -0.504 e. The lowest BCUT2D eigenvalue weighted by Gasteiger charge is -2.45. The Bertz CT molecular complexity index is 2560. The van der Waals surface area contributed by atoms with Gasteiger partial charge >= 0.3 is 23.9 Å². The van der Waals surface area contributed by atoms with E-state index in [1.165, 1.54) is 0 Å². The zero-order valence-corrected chi connectivity index (χ0v) is 30.0.